The Hall–Kier alpha value is -1.53. The first-order chi connectivity index (χ1) is 15.0. The summed E-state index contributed by atoms with van der Waals surface area (Å²) in [4.78, 5) is 27.3. The Bertz CT molecular complexity index is 729. The smallest absolute Gasteiger partial charge is 0.253 e. The summed E-state index contributed by atoms with van der Waals surface area (Å²) >= 11 is 1.85. The Labute approximate surface area is 192 Å². The van der Waals surface area contributed by atoms with Crippen molar-refractivity contribution in [1.29, 1.82) is 0 Å². The van der Waals surface area contributed by atoms with Gasteiger partial charge in [0.2, 0.25) is 5.91 Å². The third-order valence-corrected chi connectivity index (χ3v) is 8.24. The molecule has 2 N–H and O–H groups in total. The number of carbonyl (C=O) groups excluding carboxylic acids is 2. The Kier molecular flexibility index (Phi) is 8.85. The van der Waals surface area contributed by atoms with Crippen LogP contribution >= 0.6 is 11.8 Å². The number of piperidine rings is 1. The predicted molar refractivity (Wildman–Crippen MR) is 129 cm³/mol. The van der Waals surface area contributed by atoms with Crippen LogP contribution in [0.2, 0.25) is 0 Å². The zero-order valence-corrected chi connectivity index (χ0v) is 20.2. The number of thioether (sulfide) groups is 1. The Morgan fingerprint density at radius 3 is 2.52 bits per heavy atom. The van der Waals surface area contributed by atoms with Crippen LogP contribution < -0.4 is 10.6 Å². The number of amides is 2. The van der Waals surface area contributed by atoms with Crippen molar-refractivity contribution in [3.05, 3.63) is 35.4 Å². The number of nitrogens with one attached hydrogen (secondary N) is 2. The molecule has 6 heteroatoms. The van der Waals surface area contributed by atoms with Gasteiger partial charge in [0.05, 0.1) is 10.9 Å². The molecule has 1 spiro atoms. The number of hydrogen-bond donors (Lipinski definition) is 2. The average molecular weight is 446 g/mol. The molecular formula is C25H39N3O2S. The second-order valence-corrected chi connectivity index (χ2v) is 10.5. The molecule has 1 aromatic carbocycles. The maximum atomic E-state index is 13.0. The van der Waals surface area contributed by atoms with Gasteiger partial charge < -0.3 is 10.2 Å². The van der Waals surface area contributed by atoms with Gasteiger partial charge in [0.15, 0.2) is 0 Å². The van der Waals surface area contributed by atoms with Gasteiger partial charge in [-0.15, -0.1) is 11.8 Å². The number of benzene rings is 1. The highest BCUT2D eigenvalue weighted by molar-refractivity contribution is 8.01. The molecule has 2 atom stereocenters. The summed E-state index contributed by atoms with van der Waals surface area (Å²) in [5.74, 6) is 1.03. The molecule has 2 unspecified atom stereocenters. The summed E-state index contributed by atoms with van der Waals surface area (Å²) in [6.45, 7) is 7.82. The van der Waals surface area contributed by atoms with Crippen molar-refractivity contribution in [3.63, 3.8) is 0 Å². The van der Waals surface area contributed by atoms with Gasteiger partial charge in [-0.2, -0.15) is 0 Å². The number of unbranched alkanes of at least 4 members (excludes halogenated alkanes) is 3. The summed E-state index contributed by atoms with van der Waals surface area (Å²) in [7, 11) is 0. The Morgan fingerprint density at radius 1 is 1.16 bits per heavy atom. The Morgan fingerprint density at radius 2 is 1.87 bits per heavy atom. The molecule has 0 aliphatic carbocycles. The van der Waals surface area contributed by atoms with Crippen LogP contribution in [0.25, 0.3) is 0 Å². The number of hydrogen-bond acceptors (Lipinski definition) is 4. The molecule has 0 radical (unpaired) electrons. The van der Waals surface area contributed by atoms with Gasteiger partial charge in [-0.3, -0.25) is 14.9 Å². The molecule has 2 heterocycles. The van der Waals surface area contributed by atoms with Gasteiger partial charge in [-0.1, -0.05) is 45.2 Å². The molecule has 5 nitrogen and oxygen atoms in total. The lowest BCUT2D eigenvalue weighted by molar-refractivity contribution is -0.123. The maximum absolute atomic E-state index is 13.0. The molecule has 0 saturated carbocycles. The normalized spacial score (nSPS) is 21.3. The second kappa shape index (κ2) is 11.4. The molecule has 2 amide bonds. The van der Waals surface area contributed by atoms with E-state index in [-0.39, 0.29) is 28.8 Å². The third kappa shape index (κ3) is 6.48. The number of likely N-dealkylation sites (tertiary alicyclic amines) is 1. The molecule has 1 aromatic rings. The predicted octanol–water partition coefficient (Wildman–Crippen LogP) is 4.36. The summed E-state index contributed by atoms with van der Waals surface area (Å²) < 4.78 is 0. The topological polar surface area (TPSA) is 61.4 Å². The van der Waals surface area contributed by atoms with E-state index in [1.165, 1.54) is 31.2 Å². The van der Waals surface area contributed by atoms with E-state index >= 15 is 0 Å². The van der Waals surface area contributed by atoms with E-state index in [9.17, 15) is 9.59 Å². The van der Waals surface area contributed by atoms with Gasteiger partial charge >= 0.3 is 0 Å². The number of nitrogens with zero attached hydrogens (tertiary/aromatic N) is 1. The van der Waals surface area contributed by atoms with Crippen molar-refractivity contribution in [2.75, 3.05) is 18.8 Å². The van der Waals surface area contributed by atoms with Crippen LogP contribution in [0.4, 0.5) is 0 Å². The van der Waals surface area contributed by atoms with E-state index in [0.717, 1.165) is 50.1 Å². The van der Waals surface area contributed by atoms with Crippen molar-refractivity contribution in [2.24, 2.45) is 0 Å². The van der Waals surface area contributed by atoms with Crippen molar-refractivity contribution in [3.8, 4) is 0 Å². The molecule has 3 rings (SSSR count). The molecule has 0 bridgehead atoms. The van der Waals surface area contributed by atoms with Gasteiger partial charge in [-0.25, -0.2) is 0 Å². The van der Waals surface area contributed by atoms with Crippen LogP contribution in [-0.4, -0.2) is 52.5 Å². The first-order valence-corrected chi connectivity index (χ1v) is 13.0. The molecule has 2 aliphatic rings. The lowest BCUT2D eigenvalue weighted by Gasteiger charge is -2.39. The fourth-order valence-electron chi connectivity index (χ4n) is 4.34. The lowest BCUT2D eigenvalue weighted by atomic mass is 10.0. The zero-order chi connectivity index (χ0) is 22.3. The van der Waals surface area contributed by atoms with Gasteiger partial charge in [0, 0.05) is 30.4 Å². The molecule has 31 heavy (non-hydrogen) atoms. The highest BCUT2D eigenvalue weighted by Gasteiger charge is 2.44. The summed E-state index contributed by atoms with van der Waals surface area (Å²) in [5, 5.41) is 6.67. The third-order valence-electron chi connectivity index (χ3n) is 6.66. The van der Waals surface area contributed by atoms with Crippen LogP contribution in [0, 0.1) is 0 Å². The molecule has 2 fully saturated rings. The van der Waals surface area contributed by atoms with Gasteiger partial charge in [-0.05, 0) is 56.7 Å². The molecule has 2 saturated heterocycles. The van der Waals surface area contributed by atoms with Crippen molar-refractivity contribution < 1.29 is 9.59 Å². The first-order valence-electron chi connectivity index (χ1n) is 12.1. The van der Waals surface area contributed by atoms with Crippen LogP contribution in [0.5, 0.6) is 0 Å². The average Bonchev–Trinajstić information content (AvgIpc) is 3.21. The largest absolute Gasteiger partial charge is 0.352 e. The van der Waals surface area contributed by atoms with E-state index in [1.54, 1.807) is 0 Å². The Balaban J connectivity index is 1.47. The SMILES string of the molecule is CCCCCCc1ccc(C(=O)N2CCC3(CC2)NC(C(=O)NC(C)CC)CS3)cc1. The number of rotatable bonds is 9. The molecule has 0 aromatic heterocycles. The van der Waals surface area contributed by atoms with E-state index in [0.29, 0.717) is 0 Å². The highest BCUT2D eigenvalue weighted by atomic mass is 32.2. The first kappa shape index (κ1) is 24.1. The van der Waals surface area contributed by atoms with Crippen LogP contribution in [-0.2, 0) is 11.2 Å². The number of aryl methyl sites for hydroxylation is 1. The van der Waals surface area contributed by atoms with Crippen molar-refractivity contribution in [1.82, 2.24) is 15.5 Å². The minimum Gasteiger partial charge on any atom is -0.352 e. The monoisotopic (exact) mass is 445 g/mol. The lowest BCUT2D eigenvalue weighted by Crippen LogP contribution is -2.55. The van der Waals surface area contributed by atoms with Crippen LogP contribution in [0.15, 0.2) is 24.3 Å². The summed E-state index contributed by atoms with van der Waals surface area (Å²) in [6.07, 6.45) is 8.84. The van der Waals surface area contributed by atoms with E-state index < -0.39 is 0 Å². The summed E-state index contributed by atoms with van der Waals surface area (Å²) in [6, 6.07) is 8.27. The number of carbonyl (C=O) groups is 2. The van der Waals surface area contributed by atoms with E-state index in [2.05, 4.69) is 36.6 Å². The van der Waals surface area contributed by atoms with E-state index in [1.807, 2.05) is 35.7 Å². The molecule has 2 aliphatic heterocycles. The summed E-state index contributed by atoms with van der Waals surface area (Å²) in [5.41, 5.74) is 2.10. The second-order valence-electron chi connectivity index (χ2n) is 9.12. The van der Waals surface area contributed by atoms with Crippen molar-refractivity contribution in [2.45, 2.75) is 89.1 Å². The van der Waals surface area contributed by atoms with E-state index in [4.69, 9.17) is 0 Å². The zero-order valence-electron chi connectivity index (χ0n) is 19.4. The fraction of sp³-hybridized carbons (Fsp3) is 0.680. The van der Waals surface area contributed by atoms with Crippen LogP contribution in [0.1, 0.15) is 81.6 Å². The fourth-order valence-corrected chi connectivity index (χ4v) is 5.76. The van der Waals surface area contributed by atoms with Gasteiger partial charge in [0.25, 0.3) is 5.91 Å². The van der Waals surface area contributed by atoms with Gasteiger partial charge in [0.1, 0.15) is 0 Å². The minimum absolute atomic E-state index is 0.0728. The quantitative estimate of drug-likeness (QED) is 0.555. The van der Waals surface area contributed by atoms with Crippen LogP contribution in [0.3, 0.4) is 0 Å². The standard InChI is InChI=1S/C25H39N3O2S/c1-4-6-7-8-9-20-10-12-21(13-11-20)24(30)28-16-14-25(15-17-28)27-22(18-31-25)23(29)26-19(3)5-2/h10-13,19,22,27H,4-9,14-18H2,1-3H3,(H,26,29). The highest BCUT2D eigenvalue weighted by Crippen LogP contribution is 2.39. The molecular weight excluding hydrogens is 406 g/mol. The maximum Gasteiger partial charge on any atom is 0.253 e. The van der Waals surface area contributed by atoms with Crippen molar-refractivity contribution >= 4 is 23.6 Å². The minimum atomic E-state index is -0.133. The molecule has 172 valence electrons.